The number of hydrogen-bond acceptors (Lipinski definition) is 3. The van der Waals surface area contributed by atoms with Gasteiger partial charge in [-0.3, -0.25) is 4.79 Å². The van der Waals surface area contributed by atoms with Crippen LogP contribution in [0.2, 0.25) is 0 Å². The molecule has 1 aliphatic heterocycles. The summed E-state index contributed by atoms with van der Waals surface area (Å²) in [6, 6.07) is 3.02. The number of aromatic nitrogens is 1. The van der Waals surface area contributed by atoms with Crippen LogP contribution in [0.25, 0.3) is 0 Å². The van der Waals surface area contributed by atoms with E-state index in [0.29, 0.717) is 30.7 Å². The Morgan fingerprint density at radius 2 is 2.13 bits per heavy atom. The number of hydrogen-bond donors (Lipinski definition) is 1. The maximum Gasteiger partial charge on any atom is 0.321 e. The summed E-state index contributed by atoms with van der Waals surface area (Å²) in [7, 11) is 1.60. The van der Waals surface area contributed by atoms with Gasteiger partial charge in [-0.05, 0) is 30.7 Å². The smallest absolute Gasteiger partial charge is 0.321 e. The van der Waals surface area contributed by atoms with Crippen molar-refractivity contribution in [3.8, 4) is 0 Å². The second kappa shape index (κ2) is 8.15. The van der Waals surface area contributed by atoms with E-state index in [2.05, 4.69) is 19.2 Å². The van der Waals surface area contributed by atoms with Crippen LogP contribution >= 0.6 is 0 Å². The summed E-state index contributed by atoms with van der Waals surface area (Å²) in [5, 5.41) is 2.91. The van der Waals surface area contributed by atoms with Gasteiger partial charge < -0.3 is 19.5 Å². The fourth-order valence-electron chi connectivity index (χ4n) is 3.08. The summed E-state index contributed by atoms with van der Waals surface area (Å²) in [5.41, 5.74) is 0.535. The molecule has 0 bridgehead atoms. The SMILES string of the molecule is COCCn1cc(NC(=O)N2CC[C@H](C)C[C@@H](C)C2)ccc1=O. The van der Waals surface area contributed by atoms with E-state index in [9.17, 15) is 9.59 Å². The molecule has 1 aromatic rings. The molecule has 2 atom stereocenters. The molecule has 0 unspecified atom stereocenters. The minimum Gasteiger partial charge on any atom is -0.383 e. The summed E-state index contributed by atoms with van der Waals surface area (Å²) in [4.78, 5) is 26.1. The summed E-state index contributed by atoms with van der Waals surface area (Å²) >= 11 is 0. The van der Waals surface area contributed by atoms with Gasteiger partial charge in [-0.1, -0.05) is 13.8 Å². The van der Waals surface area contributed by atoms with Crippen molar-refractivity contribution in [2.75, 3.05) is 32.1 Å². The van der Waals surface area contributed by atoms with Gasteiger partial charge >= 0.3 is 6.03 Å². The van der Waals surface area contributed by atoms with Crippen LogP contribution in [0.3, 0.4) is 0 Å². The van der Waals surface area contributed by atoms with Crippen LogP contribution in [0.1, 0.15) is 26.7 Å². The third-order valence-electron chi connectivity index (χ3n) is 4.29. The molecule has 6 nitrogen and oxygen atoms in total. The van der Waals surface area contributed by atoms with E-state index in [1.807, 2.05) is 4.90 Å². The topological polar surface area (TPSA) is 63.6 Å². The van der Waals surface area contributed by atoms with Crippen molar-refractivity contribution >= 4 is 11.7 Å². The number of nitrogens with one attached hydrogen (secondary N) is 1. The molecule has 23 heavy (non-hydrogen) atoms. The third kappa shape index (κ3) is 5.10. The highest BCUT2D eigenvalue weighted by atomic mass is 16.5. The predicted molar refractivity (Wildman–Crippen MR) is 90.7 cm³/mol. The zero-order valence-electron chi connectivity index (χ0n) is 14.2. The number of pyridine rings is 1. The first kappa shape index (κ1) is 17.5. The number of nitrogens with zero attached hydrogens (tertiary/aromatic N) is 2. The van der Waals surface area contributed by atoms with E-state index in [1.54, 1.807) is 23.9 Å². The fraction of sp³-hybridized carbons (Fsp3) is 0.647. The number of ether oxygens (including phenoxy) is 1. The summed E-state index contributed by atoms with van der Waals surface area (Å²) in [6.07, 6.45) is 3.86. The Kier molecular flexibility index (Phi) is 6.21. The summed E-state index contributed by atoms with van der Waals surface area (Å²) in [6.45, 7) is 6.91. The number of rotatable bonds is 4. The van der Waals surface area contributed by atoms with Gasteiger partial charge in [0.05, 0.1) is 12.3 Å². The molecular formula is C17H27N3O3. The molecule has 1 aliphatic rings. The maximum absolute atomic E-state index is 12.5. The van der Waals surface area contributed by atoms with Gasteiger partial charge in [-0.15, -0.1) is 0 Å². The average Bonchev–Trinajstić information content (AvgIpc) is 2.68. The highest BCUT2D eigenvalue weighted by Gasteiger charge is 2.22. The molecule has 1 aromatic heterocycles. The normalized spacial score (nSPS) is 21.8. The number of amides is 2. The highest BCUT2D eigenvalue weighted by molar-refractivity contribution is 5.89. The van der Waals surface area contributed by atoms with Crippen molar-refractivity contribution in [1.29, 1.82) is 0 Å². The van der Waals surface area contributed by atoms with Crippen LogP contribution < -0.4 is 10.9 Å². The Morgan fingerprint density at radius 3 is 2.87 bits per heavy atom. The zero-order valence-corrected chi connectivity index (χ0v) is 14.2. The molecule has 0 aromatic carbocycles. The molecule has 6 heteroatoms. The van der Waals surface area contributed by atoms with Crippen molar-refractivity contribution in [2.24, 2.45) is 11.8 Å². The highest BCUT2D eigenvalue weighted by Crippen LogP contribution is 2.21. The molecule has 128 valence electrons. The van der Waals surface area contributed by atoms with Crippen molar-refractivity contribution in [3.63, 3.8) is 0 Å². The first-order valence-corrected chi connectivity index (χ1v) is 8.25. The number of urea groups is 1. The van der Waals surface area contributed by atoms with Gasteiger partial charge in [0.2, 0.25) is 0 Å². The van der Waals surface area contributed by atoms with Crippen molar-refractivity contribution in [3.05, 3.63) is 28.7 Å². The number of carbonyl (C=O) groups excluding carboxylic acids is 1. The van der Waals surface area contributed by atoms with E-state index in [1.165, 1.54) is 6.07 Å². The molecule has 2 rings (SSSR count). The van der Waals surface area contributed by atoms with E-state index >= 15 is 0 Å². The van der Waals surface area contributed by atoms with Crippen molar-refractivity contribution < 1.29 is 9.53 Å². The molecule has 0 spiro atoms. The van der Waals surface area contributed by atoms with Gasteiger partial charge in [0.25, 0.3) is 5.56 Å². The van der Waals surface area contributed by atoms with E-state index in [-0.39, 0.29) is 11.6 Å². The summed E-state index contributed by atoms with van der Waals surface area (Å²) in [5.74, 6) is 1.16. The Balaban J connectivity index is 2.03. The van der Waals surface area contributed by atoms with Gasteiger partial charge in [-0.25, -0.2) is 4.79 Å². The van der Waals surface area contributed by atoms with Crippen LogP contribution in [0.15, 0.2) is 23.1 Å². The first-order chi connectivity index (χ1) is 11.0. The Bertz CT molecular complexity index is 585. The molecule has 0 saturated carbocycles. The summed E-state index contributed by atoms with van der Waals surface area (Å²) < 4.78 is 6.55. The second-order valence-corrected chi connectivity index (χ2v) is 6.55. The van der Waals surface area contributed by atoms with E-state index < -0.39 is 0 Å². The second-order valence-electron chi connectivity index (χ2n) is 6.55. The van der Waals surface area contributed by atoms with Crippen LogP contribution in [0, 0.1) is 11.8 Å². The number of methoxy groups -OCH3 is 1. The molecular weight excluding hydrogens is 294 g/mol. The van der Waals surface area contributed by atoms with Gasteiger partial charge in [0.15, 0.2) is 0 Å². The maximum atomic E-state index is 12.5. The lowest BCUT2D eigenvalue weighted by atomic mass is 9.97. The molecule has 1 fully saturated rings. The Morgan fingerprint density at radius 1 is 1.35 bits per heavy atom. The molecule has 0 radical (unpaired) electrons. The standard InChI is InChI=1S/C17H27N3O3/c1-13-6-7-20(11-14(2)10-13)17(22)18-15-4-5-16(21)19(12-15)8-9-23-3/h4-5,12-14H,6-11H2,1-3H3,(H,18,22)/t13-,14+/m0/s1. The van der Waals surface area contributed by atoms with Crippen molar-refractivity contribution in [2.45, 2.75) is 33.2 Å². The van der Waals surface area contributed by atoms with E-state index in [4.69, 9.17) is 4.74 Å². The van der Waals surface area contributed by atoms with Crippen LogP contribution in [0.4, 0.5) is 10.5 Å². The number of carbonyl (C=O) groups is 1. The van der Waals surface area contributed by atoms with E-state index in [0.717, 1.165) is 25.9 Å². The lowest BCUT2D eigenvalue weighted by Crippen LogP contribution is -2.37. The minimum atomic E-state index is -0.0998. The predicted octanol–water partition coefficient (Wildman–Crippen LogP) is 2.39. The molecule has 1 N–H and O–H groups in total. The largest absolute Gasteiger partial charge is 0.383 e. The van der Waals surface area contributed by atoms with Crippen LogP contribution in [-0.4, -0.2) is 42.3 Å². The lowest BCUT2D eigenvalue weighted by molar-refractivity contribution is 0.186. The average molecular weight is 321 g/mol. The monoisotopic (exact) mass is 321 g/mol. The molecule has 0 aliphatic carbocycles. The Labute approximate surface area is 137 Å². The molecule has 2 heterocycles. The molecule has 2 amide bonds. The number of likely N-dealkylation sites (tertiary alicyclic amines) is 1. The number of anilines is 1. The van der Waals surface area contributed by atoms with Gasteiger partial charge in [-0.2, -0.15) is 0 Å². The first-order valence-electron chi connectivity index (χ1n) is 8.25. The zero-order chi connectivity index (χ0) is 16.8. The third-order valence-corrected chi connectivity index (χ3v) is 4.29. The Hall–Kier alpha value is -1.82. The quantitative estimate of drug-likeness (QED) is 0.926. The minimum absolute atomic E-state index is 0.0945. The lowest BCUT2D eigenvalue weighted by Gasteiger charge is -2.23. The van der Waals surface area contributed by atoms with Gasteiger partial charge in [0.1, 0.15) is 0 Å². The fourth-order valence-corrected chi connectivity index (χ4v) is 3.08. The van der Waals surface area contributed by atoms with Gasteiger partial charge in [0, 0.05) is 39.0 Å². The van der Waals surface area contributed by atoms with Crippen LogP contribution in [0.5, 0.6) is 0 Å². The van der Waals surface area contributed by atoms with Crippen molar-refractivity contribution in [1.82, 2.24) is 9.47 Å². The molecule has 1 saturated heterocycles. The van der Waals surface area contributed by atoms with Crippen LogP contribution in [-0.2, 0) is 11.3 Å².